The van der Waals surface area contributed by atoms with Gasteiger partial charge in [-0.1, -0.05) is 13.8 Å². The van der Waals surface area contributed by atoms with Crippen molar-refractivity contribution >= 4 is 26.8 Å². The van der Waals surface area contributed by atoms with E-state index in [1.54, 1.807) is 38.2 Å². The smallest absolute Gasteiger partial charge is 0.226 e. The highest BCUT2D eigenvalue weighted by atomic mass is 32.2. The van der Waals surface area contributed by atoms with E-state index in [0.29, 0.717) is 29.5 Å². The lowest BCUT2D eigenvalue weighted by molar-refractivity contribution is 0.0770. The number of hydrogen-bond acceptors (Lipinski definition) is 7. The Kier molecular flexibility index (Phi) is 5.09. The average molecular weight is 444 g/mol. The molecular formula is C22H29N5O3S. The molecule has 0 aliphatic carbocycles. The fourth-order valence-corrected chi connectivity index (χ4v) is 5.02. The fourth-order valence-electron chi connectivity index (χ4n) is 4.38. The lowest BCUT2D eigenvalue weighted by atomic mass is 9.98. The van der Waals surface area contributed by atoms with Crippen molar-refractivity contribution in [1.82, 2.24) is 19.5 Å². The number of hydrogen-bond donors (Lipinski definition) is 1. The molecule has 1 aromatic carbocycles. The predicted octanol–water partition coefficient (Wildman–Crippen LogP) is 2.98. The Hall–Kier alpha value is -2.52. The first-order valence-electron chi connectivity index (χ1n) is 10.4. The molecule has 31 heavy (non-hydrogen) atoms. The topological polar surface area (TPSA) is 101 Å². The summed E-state index contributed by atoms with van der Waals surface area (Å²) in [5.41, 5.74) is 2.06. The van der Waals surface area contributed by atoms with Crippen LogP contribution in [-0.4, -0.2) is 45.8 Å². The number of rotatable bonds is 4. The normalized spacial score (nSPS) is 17.4. The molecular weight excluding hydrogens is 414 g/mol. The fraction of sp³-hybridized carbons (Fsp3) is 0.500. The molecule has 0 unspecified atom stereocenters. The SMILES string of the molecule is Cc1nc(N2CCn3c(nc4ccc(S(C)(=O)=O)cc43)[C@H]2C(C)C)ncc1C(C)(C)O. The third-order valence-electron chi connectivity index (χ3n) is 5.86. The molecule has 0 radical (unpaired) electrons. The molecule has 1 N–H and O–H groups in total. The second-order valence-corrected chi connectivity index (χ2v) is 11.2. The highest BCUT2D eigenvalue weighted by Gasteiger charge is 2.35. The van der Waals surface area contributed by atoms with Crippen LogP contribution in [0, 0.1) is 12.8 Å². The second kappa shape index (κ2) is 7.27. The van der Waals surface area contributed by atoms with Crippen molar-refractivity contribution in [3.63, 3.8) is 0 Å². The lowest BCUT2D eigenvalue weighted by Crippen LogP contribution is -2.42. The third kappa shape index (κ3) is 3.80. The third-order valence-corrected chi connectivity index (χ3v) is 6.97. The number of benzene rings is 1. The van der Waals surface area contributed by atoms with Crippen LogP contribution in [0.1, 0.15) is 50.8 Å². The summed E-state index contributed by atoms with van der Waals surface area (Å²) < 4.78 is 26.2. The van der Waals surface area contributed by atoms with E-state index in [1.165, 1.54) is 6.26 Å². The van der Waals surface area contributed by atoms with Gasteiger partial charge in [0.15, 0.2) is 9.84 Å². The first kappa shape index (κ1) is 21.7. The molecule has 0 saturated heterocycles. The van der Waals surface area contributed by atoms with Crippen LogP contribution in [0.5, 0.6) is 0 Å². The van der Waals surface area contributed by atoms with Crippen LogP contribution in [0.25, 0.3) is 11.0 Å². The van der Waals surface area contributed by atoms with Gasteiger partial charge in [0, 0.05) is 36.8 Å². The summed E-state index contributed by atoms with van der Waals surface area (Å²) in [4.78, 5) is 16.6. The van der Waals surface area contributed by atoms with Gasteiger partial charge < -0.3 is 14.6 Å². The van der Waals surface area contributed by atoms with E-state index in [2.05, 4.69) is 28.3 Å². The van der Waals surface area contributed by atoms with Gasteiger partial charge in [0.25, 0.3) is 0 Å². The standard InChI is InChI=1S/C22H29N5O3S/c1-13(2)19-20-25-17-8-7-15(31(6,29)30)11-18(17)26(20)9-10-27(19)21-23-12-16(14(3)24-21)22(4,5)28/h7-8,11-13,19,28H,9-10H2,1-6H3/t19-/m1/s1. The van der Waals surface area contributed by atoms with Gasteiger partial charge in [0.1, 0.15) is 5.82 Å². The molecule has 8 nitrogen and oxygen atoms in total. The number of aromatic nitrogens is 4. The van der Waals surface area contributed by atoms with E-state index in [1.807, 2.05) is 6.92 Å². The number of aryl methyl sites for hydroxylation is 1. The van der Waals surface area contributed by atoms with Crippen molar-refractivity contribution < 1.29 is 13.5 Å². The molecule has 2 aromatic heterocycles. The van der Waals surface area contributed by atoms with Gasteiger partial charge in [0.2, 0.25) is 5.95 Å². The largest absolute Gasteiger partial charge is 0.386 e. The zero-order valence-electron chi connectivity index (χ0n) is 18.8. The van der Waals surface area contributed by atoms with Gasteiger partial charge >= 0.3 is 0 Å². The van der Waals surface area contributed by atoms with E-state index < -0.39 is 15.4 Å². The van der Waals surface area contributed by atoms with Crippen LogP contribution < -0.4 is 4.90 Å². The molecule has 0 amide bonds. The van der Waals surface area contributed by atoms with E-state index in [9.17, 15) is 13.5 Å². The van der Waals surface area contributed by atoms with Gasteiger partial charge in [-0.3, -0.25) is 0 Å². The van der Waals surface area contributed by atoms with Gasteiger partial charge in [-0.05, 0) is 44.9 Å². The Morgan fingerprint density at radius 1 is 1.19 bits per heavy atom. The van der Waals surface area contributed by atoms with Gasteiger partial charge in [-0.2, -0.15) is 0 Å². The molecule has 9 heteroatoms. The van der Waals surface area contributed by atoms with Crippen LogP contribution in [0.2, 0.25) is 0 Å². The van der Waals surface area contributed by atoms with Crippen LogP contribution in [0.15, 0.2) is 29.3 Å². The van der Waals surface area contributed by atoms with E-state index >= 15 is 0 Å². The van der Waals surface area contributed by atoms with Crippen LogP contribution >= 0.6 is 0 Å². The molecule has 0 bridgehead atoms. The molecule has 1 aliphatic heterocycles. The quantitative estimate of drug-likeness (QED) is 0.661. The summed E-state index contributed by atoms with van der Waals surface area (Å²) in [5.74, 6) is 1.72. The van der Waals surface area contributed by atoms with Gasteiger partial charge in [-0.15, -0.1) is 0 Å². The average Bonchev–Trinajstić information content (AvgIpc) is 3.02. The number of anilines is 1. The van der Waals surface area contributed by atoms with E-state index in [-0.39, 0.29) is 12.0 Å². The molecule has 166 valence electrons. The predicted molar refractivity (Wildman–Crippen MR) is 120 cm³/mol. The Bertz CT molecular complexity index is 1260. The van der Waals surface area contributed by atoms with Crippen molar-refractivity contribution in [3.8, 4) is 0 Å². The molecule has 0 saturated carbocycles. The molecule has 4 rings (SSSR count). The highest BCUT2D eigenvalue weighted by Crippen LogP contribution is 2.37. The Labute approximate surface area is 182 Å². The monoisotopic (exact) mass is 443 g/mol. The van der Waals surface area contributed by atoms with Crippen molar-refractivity contribution in [2.45, 2.75) is 57.7 Å². The minimum absolute atomic E-state index is 0.0600. The summed E-state index contributed by atoms with van der Waals surface area (Å²) in [6.45, 7) is 10.9. The van der Waals surface area contributed by atoms with E-state index in [0.717, 1.165) is 22.6 Å². The molecule has 3 aromatic rings. The Morgan fingerprint density at radius 2 is 1.90 bits per heavy atom. The highest BCUT2D eigenvalue weighted by molar-refractivity contribution is 7.90. The zero-order valence-corrected chi connectivity index (χ0v) is 19.6. The maximum atomic E-state index is 12.0. The minimum atomic E-state index is -3.30. The van der Waals surface area contributed by atoms with Crippen LogP contribution in [0.4, 0.5) is 5.95 Å². The first-order chi connectivity index (χ1) is 14.4. The second-order valence-electron chi connectivity index (χ2n) is 9.15. The Balaban J connectivity index is 1.81. The summed E-state index contributed by atoms with van der Waals surface area (Å²) in [5, 5.41) is 10.4. The zero-order chi connectivity index (χ0) is 22.7. The van der Waals surface area contributed by atoms with Gasteiger partial charge in [-0.25, -0.2) is 23.4 Å². The maximum Gasteiger partial charge on any atom is 0.226 e. The first-order valence-corrected chi connectivity index (χ1v) is 12.3. The summed E-state index contributed by atoms with van der Waals surface area (Å²) in [6, 6.07) is 5.04. The van der Waals surface area contributed by atoms with Crippen molar-refractivity contribution in [3.05, 3.63) is 41.5 Å². The van der Waals surface area contributed by atoms with E-state index in [4.69, 9.17) is 9.97 Å². The molecule has 1 aliphatic rings. The minimum Gasteiger partial charge on any atom is -0.386 e. The van der Waals surface area contributed by atoms with Gasteiger partial charge in [0.05, 0.1) is 27.6 Å². The number of fused-ring (bicyclic) bond motifs is 3. The summed E-state index contributed by atoms with van der Waals surface area (Å²) >= 11 is 0. The van der Waals surface area contributed by atoms with Crippen LogP contribution in [-0.2, 0) is 22.0 Å². The lowest BCUT2D eigenvalue weighted by Gasteiger charge is -2.38. The molecule has 0 spiro atoms. The van der Waals surface area contributed by atoms with Crippen molar-refractivity contribution in [1.29, 1.82) is 0 Å². The van der Waals surface area contributed by atoms with Crippen molar-refractivity contribution in [2.75, 3.05) is 17.7 Å². The summed E-state index contributed by atoms with van der Waals surface area (Å²) in [6.07, 6.45) is 2.92. The number of aliphatic hydroxyl groups is 1. The van der Waals surface area contributed by atoms with Crippen LogP contribution in [0.3, 0.4) is 0 Å². The maximum absolute atomic E-state index is 12.0. The molecule has 0 fully saturated rings. The molecule has 1 atom stereocenters. The number of sulfone groups is 1. The Morgan fingerprint density at radius 3 is 2.48 bits per heavy atom. The summed E-state index contributed by atoms with van der Waals surface area (Å²) in [7, 11) is -3.30. The number of imidazole rings is 1. The van der Waals surface area contributed by atoms with Crippen molar-refractivity contribution in [2.24, 2.45) is 5.92 Å². The number of nitrogens with zero attached hydrogens (tertiary/aromatic N) is 5. The molecule has 3 heterocycles.